The summed E-state index contributed by atoms with van der Waals surface area (Å²) in [6.07, 6.45) is 1.63. The minimum atomic E-state index is -0.458. The Kier molecular flexibility index (Phi) is 7.92. The monoisotopic (exact) mass is 524 g/mol. The fraction of sp³-hybridized carbons (Fsp3) is 0.154. The summed E-state index contributed by atoms with van der Waals surface area (Å²) in [5.41, 5.74) is 1.97. The Morgan fingerprint density at radius 2 is 1.83 bits per heavy atom. The van der Waals surface area contributed by atoms with Crippen LogP contribution >= 0.6 is 23.4 Å². The van der Waals surface area contributed by atoms with E-state index in [-0.39, 0.29) is 24.1 Å². The maximum Gasteiger partial charge on any atom is 0.293 e. The maximum atomic E-state index is 12.9. The molecular weight excluding hydrogens is 504 g/mol. The molecule has 1 saturated heterocycles. The summed E-state index contributed by atoms with van der Waals surface area (Å²) in [6, 6.07) is 18.4. The van der Waals surface area contributed by atoms with E-state index in [1.807, 2.05) is 6.92 Å². The lowest BCUT2D eigenvalue weighted by Gasteiger charge is -2.14. The topological polar surface area (TPSA) is 99.0 Å². The minimum Gasteiger partial charge on any atom is -0.490 e. The second kappa shape index (κ2) is 11.3. The van der Waals surface area contributed by atoms with Gasteiger partial charge in [0.1, 0.15) is 6.61 Å². The summed E-state index contributed by atoms with van der Waals surface area (Å²) in [6.45, 7) is 2.42. The van der Waals surface area contributed by atoms with Crippen molar-refractivity contribution in [3.63, 3.8) is 0 Å². The van der Waals surface area contributed by atoms with E-state index in [0.717, 1.165) is 16.7 Å². The molecule has 1 fully saturated rings. The van der Waals surface area contributed by atoms with Crippen molar-refractivity contribution in [3.05, 3.63) is 103 Å². The van der Waals surface area contributed by atoms with Crippen molar-refractivity contribution in [2.75, 3.05) is 6.61 Å². The number of ether oxygens (including phenoxy) is 2. The summed E-state index contributed by atoms with van der Waals surface area (Å²) < 4.78 is 11.6. The molecule has 184 valence electrons. The number of thioether (sulfide) groups is 1. The fourth-order valence-electron chi connectivity index (χ4n) is 3.51. The number of carbonyl (C=O) groups excluding carboxylic acids is 2. The smallest absolute Gasteiger partial charge is 0.293 e. The first-order chi connectivity index (χ1) is 17.4. The van der Waals surface area contributed by atoms with Crippen LogP contribution in [0.1, 0.15) is 23.6 Å². The second-order valence-corrected chi connectivity index (χ2v) is 9.11. The van der Waals surface area contributed by atoms with E-state index < -0.39 is 10.8 Å². The van der Waals surface area contributed by atoms with Crippen LogP contribution in [0.4, 0.5) is 10.5 Å². The van der Waals surface area contributed by atoms with Gasteiger partial charge in [-0.3, -0.25) is 24.6 Å². The molecule has 10 heteroatoms. The Bertz CT molecular complexity index is 1360. The van der Waals surface area contributed by atoms with Gasteiger partial charge in [0.05, 0.1) is 23.0 Å². The standard InChI is InChI=1S/C26H21ClN2O6S/c1-2-34-23-13-17(10-11-22(23)35-16-18-6-5-8-20(12-18)29(32)33)14-24-25(30)28(26(31)36-24)15-19-7-3-4-9-21(19)27/h3-14H,2,15-16H2,1H3/b24-14-. The number of hydrogen-bond acceptors (Lipinski definition) is 7. The molecule has 0 N–H and O–H groups in total. The van der Waals surface area contributed by atoms with E-state index in [0.29, 0.717) is 44.7 Å². The van der Waals surface area contributed by atoms with Gasteiger partial charge in [-0.1, -0.05) is 48.0 Å². The summed E-state index contributed by atoms with van der Waals surface area (Å²) >= 11 is 7.05. The molecule has 0 spiro atoms. The zero-order chi connectivity index (χ0) is 25.7. The van der Waals surface area contributed by atoms with Crippen LogP contribution < -0.4 is 9.47 Å². The number of non-ortho nitro benzene ring substituents is 1. The van der Waals surface area contributed by atoms with Crippen LogP contribution in [0, 0.1) is 10.1 Å². The highest BCUT2D eigenvalue weighted by molar-refractivity contribution is 8.18. The average Bonchev–Trinajstić information content (AvgIpc) is 3.12. The Morgan fingerprint density at radius 3 is 2.58 bits per heavy atom. The predicted molar refractivity (Wildman–Crippen MR) is 138 cm³/mol. The second-order valence-electron chi connectivity index (χ2n) is 7.71. The molecule has 8 nitrogen and oxygen atoms in total. The first kappa shape index (κ1) is 25.3. The lowest BCUT2D eigenvalue weighted by molar-refractivity contribution is -0.384. The molecule has 2 amide bonds. The zero-order valence-electron chi connectivity index (χ0n) is 19.2. The molecular formula is C26H21ClN2O6S. The van der Waals surface area contributed by atoms with Crippen molar-refractivity contribution < 1.29 is 24.0 Å². The number of nitrogens with zero attached hydrogens (tertiary/aromatic N) is 2. The molecule has 0 unspecified atom stereocenters. The Balaban J connectivity index is 1.51. The average molecular weight is 525 g/mol. The van der Waals surface area contributed by atoms with Crippen molar-refractivity contribution >= 4 is 46.3 Å². The quantitative estimate of drug-likeness (QED) is 0.180. The van der Waals surface area contributed by atoms with Gasteiger partial charge in [0.2, 0.25) is 0 Å². The van der Waals surface area contributed by atoms with Gasteiger partial charge < -0.3 is 9.47 Å². The number of rotatable bonds is 9. The molecule has 3 aromatic carbocycles. The van der Waals surface area contributed by atoms with Gasteiger partial charge in [-0.15, -0.1) is 0 Å². The van der Waals surface area contributed by atoms with Crippen LogP contribution in [0.5, 0.6) is 11.5 Å². The highest BCUT2D eigenvalue weighted by atomic mass is 35.5. The highest BCUT2D eigenvalue weighted by Crippen LogP contribution is 2.36. The number of amides is 2. The molecule has 0 aromatic heterocycles. The molecule has 0 saturated carbocycles. The molecule has 36 heavy (non-hydrogen) atoms. The number of imide groups is 1. The van der Waals surface area contributed by atoms with Gasteiger partial charge >= 0.3 is 0 Å². The zero-order valence-corrected chi connectivity index (χ0v) is 20.8. The van der Waals surface area contributed by atoms with Crippen molar-refractivity contribution in [2.45, 2.75) is 20.1 Å². The van der Waals surface area contributed by atoms with Crippen molar-refractivity contribution in [2.24, 2.45) is 0 Å². The Labute approximate surface area is 216 Å². The third-order valence-corrected chi connectivity index (χ3v) is 6.52. The van der Waals surface area contributed by atoms with E-state index in [1.165, 1.54) is 12.1 Å². The fourth-order valence-corrected chi connectivity index (χ4v) is 4.54. The summed E-state index contributed by atoms with van der Waals surface area (Å²) in [4.78, 5) is 37.4. The predicted octanol–water partition coefficient (Wildman–Crippen LogP) is 6.46. The van der Waals surface area contributed by atoms with Crippen LogP contribution in [0.25, 0.3) is 6.08 Å². The summed E-state index contributed by atoms with van der Waals surface area (Å²) in [5, 5.41) is 11.1. The molecule has 1 heterocycles. The van der Waals surface area contributed by atoms with Crippen LogP contribution in [0.15, 0.2) is 71.6 Å². The Hall–Kier alpha value is -3.82. The SMILES string of the molecule is CCOc1cc(/C=C2\SC(=O)N(Cc3ccccc3Cl)C2=O)ccc1OCc1cccc([N+](=O)[O-])c1. The maximum absolute atomic E-state index is 12.9. The van der Waals surface area contributed by atoms with Gasteiger partial charge in [-0.2, -0.15) is 0 Å². The number of benzene rings is 3. The molecule has 1 aliphatic heterocycles. The van der Waals surface area contributed by atoms with E-state index >= 15 is 0 Å². The molecule has 0 bridgehead atoms. The van der Waals surface area contributed by atoms with Crippen LogP contribution in [-0.2, 0) is 17.9 Å². The first-order valence-corrected chi connectivity index (χ1v) is 12.2. The third-order valence-electron chi connectivity index (χ3n) is 5.24. The van der Waals surface area contributed by atoms with Crippen molar-refractivity contribution in [1.29, 1.82) is 0 Å². The molecule has 3 aromatic rings. The van der Waals surface area contributed by atoms with Crippen LogP contribution in [-0.4, -0.2) is 27.6 Å². The van der Waals surface area contributed by atoms with Crippen molar-refractivity contribution in [1.82, 2.24) is 4.90 Å². The molecule has 0 radical (unpaired) electrons. The van der Waals surface area contributed by atoms with Gasteiger partial charge in [0.15, 0.2) is 11.5 Å². The summed E-state index contributed by atoms with van der Waals surface area (Å²) in [7, 11) is 0. The van der Waals surface area contributed by atoms with E-state index in [2.05, 4.69) is 0 Å². The van der Waals surface area contributed by atoms with Crippen LogP contribution in [0.3, 0.4) is 0 Å². The molecule has 4 rings (SSSR count). The lowest BCUT2D eigenvalue weighted by Crippen LogP contribution is -2.27. The largest absolute Gasteiger partial charge is 0.490 e. The van der Waals surface area contributed by atoms with Gasteiger partial charge in [-0.25, -0.2) is 0 Å². The third kappa shape index (κ3) is 5.87. The molecule has 1 aliphatic rings. The van der Waals surface area contributed by atoms with E-state index in [1.54, 1.807) is 60.7 Å². The van der Waals surface area contributed by atoms with Gasteiger partial charge in [0.25, 0.3) is 16.8 Å². The molecule has 0 atom stereocenters. The minimum absolute atomic E-state index is 0.0139. The first-order valence-electron chi connectivity index (χ1n) is 11.0. The van der Waals surface area contributed by atoms with E-state index in [4.69, 9.17) is 21.1 Å². The molecule has 0 aliphatic carbocycles. The number of hydrogen-bond donors (Lipinski definition) is 0. The highest BCUT2D eigenvalue weighted by Gasteiger charge is 2.35. The number of halogens is 1. The van der Waals surface area contributed by atoms with Crippen LogP contribution in [0.2, 0.25) is 5.02 Å². The van der Waals surface area contributed by atoms with Gasteiger partial charge in [0, 0.05) is 17.2 Å². The Morgan fingerprint density at radius 1 is 1.03 bits per heavy atom. The number of carbonyl (C=O) groups is 2. The normalized spacial score (nSPS) is 14.4. The summed E-state index contributed by atoms with van der Waals surface area (Å²) in [5.74, 6) is 0.508. The number of nitro benzene ring substituents is 1. The van der Waals surface area contributed by atoms with Crippen molar-refractivity contribution in [3.8, 4) is 11.5 Å². The lowest BCUT2D eigenvalue weighted by atomic mass is 10.1. The van der Waals surface area contributed by atoms with Gasteiger partial charge in [-0.05, 0) is 59.7 Å². The number of nitro groups is 1. The van der Waals surface area contributed by atoms with E-state index in [9.17, 15) is 19.7 Å².